The third-order valence-corrected chi connectivity index (χ3v) is 8.01. The number of likely N-dealkylation sites (tertiary alicyclic amines) is 1. The van der Waals surface area contributed by atoms with Crippen molar-refractivity contribution >= 4 is 57.4 Å². The van der Waals surface area contributed by atoms with Crippen molar-refractivity contribution in [3.05, 3.63) is 64.7 Å². The van der Waals surface area contributed by atoms with Gasteiger partial charge in [0.05, 0.1) is 0 Å². The fourth-order valence-corrected chi connectivity index (χ4v) is 7.02. The van der Waals surface area contributed by atoms with E-state index in [2.05, 4.69) is 10.6 Å². The fraction of sp³-hybridized carbons (Fsp3) is 0.250. The number of carbonyl (C=O) groups excluding carboxylic acids is 2. The van der Waals surface area contributed by atoms with Crippen LogP contribution >= 0.6 is 35.6 Å². The number of amides is 2. The van der Waals surface area contributed by atoms with Gasteiger partial charge in [-0.3, -0.25) is 14.5 Å². The molecule has 3 atom stereocenters. The van der Waals surface area contributed by atoms with Crippen LogP contribution in [0.15, 0.2) is 48.5 Å². The van der Waals surface area contributed by atoms with Crippen molar-refractivity contribution in [3.63, 3.8) is 0 Å². The zero-order valence-corrected chi connectivity index (χ0v) is 17.3. The highest BCUT2D eigenvalue weighted by molar-refractivity contribution is 8.25. The molecule has 28 heavy (non-hydrogen) atoms. The first kappa shape index (κ1) is 18.1. The Morgan fingerprint density at radius 2 is 1.82 bits per heavy atom. The molecule has 0 radical (unpaired) electrons. The molecule has 2 amide bonds. The molecule has 0 saturated carbocycles. The van der Waals surface area contributed by atoms with Gasteiger partial charge in [-0.25, -0.2) is 0 Å². The average molecular weight is 430 g/mol. The quantitative estimate of drug-likeness (QED) is 0.682. The third kappa shape index (κ3) is 2.05. The van der Waals surface area contributed by atoms with Gasteiger partial charge in [0.2, 0.25) is 5.91 Å². The number of carbonyl (C=O) groups is 2. The van der Waals surface area contributed by atoms with Crippen LogP contribution in [-0.4, -0.2) is 39.4 Å². The summed E-state index contributed by atoms with van der Waals surface area (Å²) < 4.78 is -0.709. The Kier molecular flexibility index (Phi) is 3.90. The fourth-order valence-electron chi connectivity index (χ4n) is 4.97. The molecule has 5 rings (SSSR count). The van der Waals surface area contributed by atoms with Crippen LogP contribution in [0.25, 0.3) is 0 Å². The second-order valence-corrected chi connectivity index (χ2v) is 9.63. The predicted molar refractivity (Wildman–Crippen MR) is 115 cm³/mol. The van der Waals surface area contributed by atoms with Gasteiger partial charge in [-0.15, -0.1) is 0 Å². The lowest BCUT2D eigenvalue weighted by atomic mass is 9.72. The van der Waals surface area contributed by atoms with Crippen LogP contribution in [0.1, 0.15) is 17.0 Å². The number of benzene rings is 2. The van der Waals surface area contributed by atoms with Crippen LogP contribution in [0, 0.1) is 0 Å². The average Bonchev–Trinajstić information content (AvgIpc) is 3.23. The number of hydrogen-bond acceptors (Lipinski definition) is 5. The molecule has 2 N–H and O–H groups in total. The van der Waals surface area contributed by atoms with Gasteiger partial charge in [0.15, 0.2) is 5.54 Å². The van der Waals surface area contributed by atoms with Crippen LogP contribution in [-0.2, 0) is 15.1 Å². The van der Waals surface area contributed by atoms with Gasteiger partial charge < -0.3 is 10.6 Å². The Labute approximate surface area is 176 Å². The number of anilines is 1. The van der Waals surface area contributed by atoms with Crippen molar-refractivity contribution in [1.29, 1.82) is 0 Å². The lowest BCUT2D eigenvalue weighted by Crippen LogP contribution is -2.61. The molecule has 3 aliphatic heterocycles. The number of nitrogens with zero attached hydrogens (tertiary/aromatic N) is 1. The first-order valence-electron chi connectivity index (χ1n) is 8.83. The molecule has 2 aromatic rings. The Balaban J connectivity index is 1.81. The van der Waals surface area contributed by atoms with Gasteiger partial charge in [-0.1, -0.05) is 65.9 Å². The summed E-state index contributed by atoms with van der Waals surface area (Å²) in [6, 6.07) is 15.0. The van der Waals surface area contributed by atoms with Crippen molar-refractivity contribution in [2.45, 2.75) is 16.2 Å². The summed E-state index contributed by atoms with van der Waals surface area (Å²) in [5, 5.41) is 6.42. The Morgan fingerprint density at radius 1 is 1.11 bits per heavy atom. The van der Waals surface area contributed by atoms with Crippen molar-refractivity contribution in [2.75, 3.05) is 18.9 Å². The second kappa shape index (κ2) is 6.03. The molecule has 0 bridgehead atoms. The molecular weight excluding hydrogens is 414 g/mol. The number of likely N-dealkylation sites (N-methyl/N-ethyl adjacent to an activating group) is 1. The molecule has 2 spiro atoms. The summed E-state index contributed by atoms with van der Waals surface area (Å²) in [5.74, 6) is -0.657. The van der Waals surface area contributed by atoms with E-state index in [4.69, 9.17) is 23.8 Å². The van der Waals surface area contributed by atoms with E-state index in [0.29, 0.717) is 15.9 Å². The van der Waals surface area contributed by atoms with Crippen LogP contribution in [0.2, 0.25) is 5.02 Å². The topological polar surface area (TPSA) is 61.4 Å². The van der Waals surface area contributed by atoms with E-state index in [0.717, 1.165) is 16.8 Å². The summed E-state index contributed by atoms with van der Waals surface area (Å²) >= 11 is 12.8. The zero-order chi connectivity index (χ0) is 19.7. The van der Waals surface area contributed by atoms with E-state index in [9.17, 15) is 9.59 Å². The maximum absolute atomic E-state index is 13.5. The normalized spacial score (nSPS) is 31.5. The highest BCUT2D eigenvalue weighted by atomic mass is 35.5. The van der Waals surface area contributed by atoms with Crippen LogP contribution in [0.3, 0.4) is 0 Å². The van der Waals surface area contributed by atoms with Crippen molar-refractivity contribution in [2.24, 2.45) is 0 Å². The maximum atomic E-state index is 13.5. The van der Waals surface area contributed by atoms with E-state index in [1.807, 2.05) is 60.5 Å². The molecule has 2 aromatic carbocycles. The molecule has 3 aliphatic rings. The van der Waals surface area contributed by atoms with Crippen molar-refractivity contribution in [3.8, 4) is 0 Å². The molecule has 142 valence electrons. The predicted octanol–water partition coefficient (Wildman–Crippen LogP) is 3.10. The van der Waals surface area contributed by atoms with Crippen molar-refractivity contribution < 1.29 is 9.59 Å². The summed E-state index contributed by atoms with van der Waals surface area (Å²) in [6.45, 7) is 0.534. The van der Waals surface area contributed by atoms with Crippen LogP contribution in [0.4, 0.5) is 5.69 Å². The van der Waals surface area contributed by atoms with Gasteiger partial charge in [0.25, 0.3) is 5.91 Å². The van der Waals surface area contributed by atoms with Gasteiger partial charge in [-0.2, -0.15) is 0 Å². The third-order valence-electron chi connectivity index (χ3n) is 6.03. The number of thiocarbonyl (C=S) groups is 1. The minimum absolute atomic E-state index is 0.194. The lowest BCUT2D eigenvalue weighted by Gasteiger charge is -2.41. The number of hydrogen-bond donors (Lipinski definition) is 2. The molecule has 0 aliphatic carbocycles. The summed E-state index contributed by atoms with van der Waals surface area (Å²) in [5.41, 5.74) is 1.36. The molecular formula is C20H16ClN3O2S2. The summed E-state index contributed by atoms with van der Waals surface area (Å²) in [7, 11) is 1.90. The molecule has 0 unspecified atom stereocenters. The van der Waals surface area contributed by atoms with Gasteiger partial charge >= 0.3 is 0 Å². The molecule has 8 heteroatoms. The van der Waals surface area contributed by atoms with E-state index in [1.165, 1.54) is 11.8 Å². The van der Waals surface area contributed by atoms with Gasteiger partial charge in [0.1, 0.15) is 9.07 Å². The highest BCUT2D eigenvalue weighted by Crippen LogP contribution is 2.64. The first-order valence-corrected chi connectivity index (χ1v) is 10.4. The van der Waals surface area contributed by atoms with Crippen molar-refractivity contribution in [1.82, 2.24) is 10.2 Å². The van der Waals surface area contributed by atoms with E-state index in [1.54, 1.807) is 0 Å². The maximum Gasteiger partial charge on any atom is 0.251 e. The Morgan fingerprint density at radius 3 is 2.50 bits per heavy atom. The van der Waals surface area contributed by atoms with Gasteiger partial charge in [0, 0.05) is 28.7 Å². The summed E-state index contributed by atoms with van der Waals surface area (Å²) in [4.78, 5) is 29.0. The lowest BCUT2D eigenvalue weighted by molar-refractivity contribution is -0.133. The zero-order valence-electron chi connectivity index (χ0n) is 14.9. The number of rotatable bonds is 1. The number of fused-ring (bicyclic) bond motifs is 3. The molecule has 5 nitrogen and oxygen atoms in total. The van der Waals surface area contributed by atoms with E-state index < -0.39 is 10.3 Å². The Hall–Kier alpha value is -1.93. The molecule has 2 fully saturated rings. The molecule has 0 aromatic heterocycles. The summed E-state index contributed by atoms with van der Waals surface area (Å²) in [6.07, 6.45) is 0. The highest BCUT2D eigenvalue weighted by Gasteiger charge is 2.76. The number of halogens is 1. The monoisotopic (exact) mass is 429 g/mol. The number of thioether (sulfide) groups is 1. The van der Waals surface area contributed by atoms with Gasteiger partial charge in [-0.05, 0) is 30.8 Å². The number of para-hydroxylation sites is 1. The van der Waals surface area contributed by atoms with Crippen LogP contribution in [0.5, 0.6) is 0 Å². The van der Waals surface area contributed by atoms with E-state index in [-0.39, 0.29) is 17.7 Å². The second-order valence-electron chi connectivity index (χ2n) is 7.27. The molecule has 3 heterocycles. The Bertz CT molecular complexity index is 1040. The van der Waals surface area contributed by atoms with E-state index >= 15 is 0 Å². The number of nitrogens with one attached hydrogen (secondary N) is 2. The smallest absolute Gasteiger partial charge is 0.251 e. The van der Waals surface area contributed by atoms with Crippen LogP contribution < -0.4 is 10.6 Å². The minimum atomic E-state index is -1.15. The minimum Gasteiger partial charge on any atom is -0.324 e. The SMILES string of the molecule is CN1C[C@@H](c2ccc(Cl)cc2)[C@@]2(SC(=S)NC2=O)[C@@]12C(=O)Nc1ccccc12. The standard InChI is InChI=1S/C20H16ClN3O2S2/c1-24-10-14(11-6-8-12(21)9-7-11)20(17(26)23-18(27)28-20)19(24)13-4-2-3-5-15(13)22-16(19)25/h2-9,14H,10H2,1H3,(H,22,25)(H,23,26,27)/t14-,19+,20-/m0/s1. The molecule has 2 saturated heterocycles. The largest absolute Gasteiger partial charge is 0.324 e. The first-order chi connectivity index (χ1) is 13.4.